The number of nitrogens with zero attached hydrogens (tertiary/aromatic N) is 5. The third kappa shape index (κ3) is 2.36. The van der Waals surface area contributed by atoms with Gasteiger partial charge in [0.25, 0.3) is 0 Å². The van der Waals surface area contributed by atoms with E-state index in [4.69, 9.17) is 0 Å². The second kappa shape index (κ2) is 5.38. The van der Waals surface area contributed by atoms with Gasteiger partial charge in [-0.15, -0.1) is 0 Å². The Labute approximate surface area is 118 Å². The SMILES string of the molecule is CCn1cc(CN2Cc3ncn(C)c3CC2CO)cn1. The average molecular weight is 275 g/mol. The third-order valence-corrected chi connectivity index (χ3v) is 4.05. The number of aryl methyl sites for hydroxylation is 2. The van der Waals surface area contributed by atoms with Crippen molar-refractivity contribution in [2.75, 3.05) is 6.61 Å². The van der Waals surface area contributed by atoms with Gasteiger partial charge in [-0.3, -0.25) is 9.58 Å². The molecule has 0 spiro atoms. The number of aliphatic hydroxyl groups is 1. The summed E-state index contributed by atoms with van der Waals surface area (Å²) in [5, 5.41) is 14.0. The molecule has 2 aromatic rings. The van der Waals surface area contributed by atoms with E-state index in [-0.39, 0.29) is 12.6 Å². The van der Waals surface area contributed by atoms with Crippen LogP contribution >= 0.6 is 0 Å². The van der Waals surface area contributed by atoms with Gasteiger partial charge < -0.3 is 9.67 Å². The Balaban J connectivity index is 1.78. The summed E-state index contributed by atoms with van der Waals surface area (Å²) in [6.45, 7) is 4.73. The molecule has 0 saturated carbocycles. The Bertz CT molecular complexity index is 588. The summed E-state index contributed by atoms with van der Waals surface area (Å²) in [6, 6.07) is 0.155. The van der Waals surface area contributed by atoms with E-state index < -0.39 is 0 Å². The highest BCUT2D eigenvalue weighted by Gasteiger charge is 2.28. The molecule has 1 N–H and O–H groups in total. The molecule has 108 valence electrons. The van der Waals surface area contributed by atoms with Crippen molar-refractivity contribution in [3.05, 3.63) is 35.7 Å². The third-order valence-electron chi connectivity index (χ3n) is 4.05. The molecule has 0 amide bonds. The highest BCUT2D eigenvalue weighted by atomic mass is 16.3. The highest BCUT2D eigenvalue weighted by Crippen LogP contribution is 2.23. The van der Waals surface area contributed by atoms with Gasteiger partial charge in [0.2, 0.25) is 0 Å². The first kappa shape index (κ1) is 13.3. The lowest BCUT2D eigenvalue weighted by Gasteiger charge is -2.34. The Kier molecular flexibility index (Phi) is 3.58. The van der Waals surface area contributed by atoms with Crippen LogP contribution in [0, 0.1) is 0 Å². The fourth-order valence-corrected chi connectivity index (χ4v) is 2.83. The summed E-state index contributed by atoms with van der Waals surface area (Å²) in [5.41, 5.74) is 3.55. The van der Waals surface area contributed by atoms with Gasteiger partial charge in [0.05, 0.1) is 24.8 Å². The van der Waals surface area contributed by atoms with Crippen LogP contribution in [-0.2, 0) is 33.1 Å². The second-order valence-electron chi connectivity index (χ2n) is 5.40. The maximum absolute atomic E-state index is 9.65. The lowest BCUT2D eigenvalue weighted by Crippen LogP contribution is -2.42. The molecule has 3 heterocycles. The van der Waals surface area contributed by atoms with E-state index in [0.29, 0.717) is 0 Å². The molecule has 1 aliphatic rings. The van der Waals surface area contributed by atoms with Crippen molar-refractivity contribution in [2.45, 2.75) is 39.0 Å². The number of aromatic nitrogens is 4. The predicted molar refractivity (Wildman–Crippen MR) is 74.9 cm³/mol. The van der Waals surface area contributed by atoms with Crippen molar-refractivity contribution >= 4 is 0 Å². The van der Waals surface area contributed by atoms with Crippen molar-refractivity contribution in [1.29, 1.82) is 0 Å². The largest absolute Gasteiger partial charge is 0.395 e. The van der Waals surface area contributed by atoms with Crippen molar-refractivity contribution in [2.24, 2.45) is 7.05 Å². The van der Waals surface area contributed by atoms with Gasteiger partial charge in [-0.2, -0.15) is 5.10 Å². The first-order chi connectivity index (χ1) is 9.71. The van der Waals surface area contributed by atoms with E-state index in [2.05, 4.69) is 32.7 Å². The molecule has 0 saturated heterocycles. The monoisotopic (exact) mass is 275 g/mol. The molecule has 0 aromatic carbocycles. The van der Waals surface area contributed by atoms with Crippen molar-refractivity contribution in [1.82, 2.24) is 24.2 Å². The molecule has 1 atom stereocenters. The number of fused-ring (bicyclic) bond motifs is 1. The predicted octanol–water partition coefficient (Wildman–Crippen LogP) is 0.556. The van der Waals surface area contributed by atoms with E-state index in [1.807, 2.05) is 24.3 Å². The van der Waals surface area contributed by atoms with Crippen LogP contribution in [0.25, 0.3) is 0 Å². The fraction of sp³-hybridized carbons (Fsp3) is 0.571. The minimum atomic E-state index is 0.155. The highest BCUT2D eigenvalue weighted by molar-refractivity contribution is 5.19. The molecular formula is C14H21N5O. The van der Waals surface area contributed by atoms with Gasteiger partial charge in [-0.25, -0.2) is 4.98 Å². The quantitative estimate of drug-likeness (QED) is 0.885. The van der Waals surface area contributed by atoms with Crippen LogP contribution in [0.15, 0.2) is 18.7 Å². The molecule has 0 bridgehead atoms. The van der Waals surface area contributed by atoms with Crippen molar-refractivity contribution < 1.29 is 5.11 Å². The number of hydrogen-bond donors (Lipinski definition) is 1. The molecule has 0 radical (unpaired) electrons. The first-order valence-corrected chi connectivity index (χ1v) is 7.06. The standard InChI is InChI=1S/C14H21N5O/c1-3-19-7-11(5-16-19)6-18-8-13-14(4-12(18)9-20)17(2)10-15-13/h5,7,10,12,20H,3-4,6,8-9H2,1-2H3. The summed E-state index contributed by atoms with van der Waals surface area (Å²) < 4.78 is 3.99. The lowest BCUT2D eigenvalue weighted by atomic mass is 10.0. The van der Waals surface area contributed by atoms with E-state index in [0.717, 1.165) is 31.7 Å². The zero-order valence-electron chi connectivity index (χ0n) is 12.0. The maximum atomic E-state index is 9.65. The smallest absolute Gasteiger partial charge is 0.0949 e. The average Bonchev–Trinajstić information content (AvgIpc) is 3.05. The first-order valence-electron chi connectivity index (χ1n) is 7.06. The van der Waals surface area contributed by atoms with E-state index >= 15 is 0 Å². The van der Waals surface area contributed by atoms with Crippen LogP contribution in [0.3, 0.4) is 0 Å². The second-order valence-corrected chi connectivity index (χ2v) is 5.40. The van der Waals surface area contributed by atoms with Crippen LogP contribution in [-0.4, -0.2) is 42.0 Å². The van der Waals surface area contributed by atoms with Gasteiger partial charge in [0.1, 0.15) is 0 Å². The van der Waals surface area contributed by atoms with Crippen LogP contribution in [0.2, 0.25) is 0 Å². The maximum Gasteiger partial charge on any atom is 0.0949 e. The minimum Gasteiger partial charge on any atom is -0.395 e. The molecule has 2 aromatic heterocycles. The van der Waals surface area contributed by atoms with Gasteiger partial charge in [0, 0.05) is 56.6 Å². The zero-order chi connectivity index (χ0) is 14.1. The summed E-state index contributed by atoms with van der Waals surface area (Å²) >= 11 is 0. The normalized spacial score (nSPS) is 19.2. The van der Waals surface area contributed by atoms with E-state index in [1.54, 1.807) is 0 Å². The summed E-state index contributed by atoms with van der Waals surface area (Å²) in [5.74, 6) is 0. The van der Waals surface area contributed by atoms with Crippen molar-refractivity contribution in [3.63, 3.8) is 0 Å². The van der Waals surface area contributed by atoms with E-state index in [1.165, 1.54) is 11.3 Å². The molecule has 20 heavy (non-hydrogen) atoms. The fourth-order valence-electron chi connectivity index (χ4n) is 2.83. The Morgan fingerprint density at radius 1 is 1.45 bits per heavy atom. The number of aliphatic hydroxyl groups excluding tert-OH is 1. The molecule has 6 heteroatoms. The number of imidazole rings is 1. The van der Waals surface area contributed by atoms with Gasteiger partial charge in [-0.1, -0.05) is 0 Å². The molecule has 1 aliphatic heterocycles. The molecule has 1 unspecified atom stereocenters. The molecular weight excluding hydrogens is 254 g/mol. The van der Waals surface area contributed by atoms with Crippen molar-refractivity contribution in [3.8, 4) is 0 Å². The van der Waals surface area contributed by atoms with E-state index in [9.17, 15) is 5.11 Å². The van der Waals surface area contributed by atoms with Crippen LogP contribution in [0.5, 0.6) is 0 Å². The van der Waals surface area contributed by atoms with Crippen LogP contribution in [0.4, 0.5) is 0 Å². The molecule has 6 nitrogen and oxygen atoms in total. The number of rotatable bonds is 4. The zero-order valence-corrected chi connectivity index (χ0v) is 12.0. The van der Waals surface area contributed by atoms with Gasteiger partial charge >= 0.3 is 0 Å². The minimum absolute atomic E-state index is 0.155. The summed E-state index contributed by atoms with van der Waals surface area (Å²) in [4.78, 5) is 6.74. The lowest BCUT2D eigenvalue weighted by molar-refractivity contribution is 0.0967. The number of hydrogen-bond acceptors (Lipinski definition) is 4. The van der Waals surface area contributed by atoms with Gasteiger partial charge in [0.15, 0.2) is 0 Å². The Hall–Kier alpha value is -1.66. The van der Waals surface area contributed by atoms with Crippen LogP contribution in [0.1, 0.15) is 23.9 Å². The van der Waals surface area contributed by atoms with Crippen LogP contribution < -0.4 is 0 Å². The Morgan fingerprint density at radius 2 is 2.30 bits per heavy atom. The summed E-state index contributed by atoms with van der Waals surface area (Å²) in [6.07, 6.45) is 6.69. The molecule has 0 fully saturated rings. The summed E-state index contributed by atoms with van der Waals surface area (Å²) in [7, 11) is 2.02. The molecule has 3 rings (SSSR count). The molecule has 0 aliphatic carbocycles. The topological polar surface area (TPSA) is 59.1 Å². The van der Waals surface area contributed by atoms with Gasteiger partial charge in [-0.05, 0) is 6.92 Å². The Morgan fingerprint density at radius 3 is 3.00 bits per heavy atom.